The van der Waals surface area contributed by atoms with Gasteiger partial charge in [0.2, 0.25) is 0 Å². The largest absolute Gasteiger partial charge is 0.383 e. The van der Waals surface area contributed by atoms with E-state index in [2.05, 4.69) is 23.1 Å². The second-order valence-corrected chi connectivity index (χ2v) is 5.62. The van der Waals surface area contributed by atoms with E-state index in [0.717, 1.165) is 19.3 Å². The third-order valence-corrected chi connectivity index (χ3v) is 3.34. The van der Waals surface area contributed by atoms with Gasteiger partial charge in [-0.1, -0.05) is 25.5 Å². The Morgan fingerprint density at radius 2 is 1.95 bits per heavy atom. The van der Waals surface area contributed by atoms with Crippen LogP contribution in [0.15, 0.2) is 24.3 Å². The van der Waals surface area contributed by atoms with E-state index < -0.39 is 0 Å². The summed E-state index contributed by atoms with van der Waals surface area (Å²) < 4.78 is 5.00. The SMILES string of the molecule is CCCCc1ccc(C(=O)NNC(=S)N[C@@H](C)COC)cc1. The van der Waals surface area contributed by atoms with Crippen molar-refractivity contribution in [3.63, 3.8) is 0 Å². The molecule has 1 rings (SSSR count). The number of unbranched alkanes of at least 4 members (excludes halogenated alkanes) is 1. The monoisotopic (exact) mass is 323 g/mol. The van der Waals surface area contributed by atoms with Crippen LogP contribution in [0.3, 0.4) is 0 Å². The van der Waals surface area contributed by atoms with Crippen molar-refractivity contribution in [1.82, 2.24) is 16.2 Å². The molecule has 0 bridgehead atoms. The second kappa shape index (κ2) is 10.1. The van der Waals surface area contributed by atoms with E-state index in [1.54, 1.807) is 7.11 Å². The molecule has 0 unspecified atom stereocenters. The highest BCUT2D eigenvalue weighted by molar-refractivity contribution is 7.80. The molecular weight excluding hydrogens is 298 g/mol. The van der Waals surface area contributed by atoms with Crippen LogP contribution in [0.2, 0.25) is 0 Å². The third kappa shape index (κ3) is 6.87. The van der Waals surface area contributed by atoms with Gasteiger partial charge in [-0.2, -0.15) is 0 Å². The Labute approximate surface area is 137 Å². The minimum Gasteiger partial charge on any atom is -0.383 e. The number of carbonyl (C=O) groups excluding carboxylic acids is 1. The predicted octanol–water partition coefficient (Wildman–Crippen LogP) is 2.17. The third-order valence-electron chi connectivity index (χ3n) is 3.12. The van der Waals surface area contributed by atoms with E-state index >= 15 is 0 Å². The lowest BCUT2D eigenvalue weighted by Gasteiger charge is -2.16. The van der Waals surface area contributed by atoms with Gasteiger partial charge in [0, 0.05) is 18.7 Å². The number of hydrogen-bond donors (Lipinski definition) is 3. The number of nitrogens with one attached hydrogen (secondary N) is 3. The molecule has 0 aromatic heterocycles. The quantitative estimate of drug-likeness (QED) is 0.530. The molecule has 6 heteroatoms. The fourth-order valence-electron chi connectivity index (χ4n) is 1.94. The van der Waals surface area contributed by atoms with Gasteiger partial charge in [-0.25, -0.2) is 0 Å². The Morgan fingerprint density at radius 1 is 1.27 bits per heavy atom. The van der Waals surface area contributed by atoms with Crippen LogP contribution >= 0.6 is 12.2 Å². The molecule has 1 atom stereocenters. The number of hydrazine groups is 1. The summed E-state index contributed by atoms with van der Waals surface area (Å²) in [6.07, 6.45) is 3.37. The van der Waals surface area contributed by atoms with Crippen LogP contribution in [-0.4, -0.2) is 30.8 Å². The maximum atomic E-state index is 12.0. The summed E-state index contributed by atoms with van der Waals surface area (Å²) in [4.78, 5) is 12.0. The Kier molecular flexibility index (Phi) is 8.47. The summed E-state index contributed by atoms with van der Waals surface area (Å²) >= 11 is 5.09. The summed E-state index contributed by atoms with van der Waals surface area (Å²) in [7, 11) is 1.63. The fraction of sp³-hybridized carbons (Fsp3) is 0.500. The van der Waals surface area contributed by atoms with Gasteiger partial charge in [-0.05, 0) is 49.7 Å². The fourth-order valence-corrected chi connectivity index (χ4v) is 2.19. The van der Waals surface area contributed by atoms with Gasteiger partial charge in [-0.3, -0.25) is 15.6 Å². The molecule has 0 saturated heterocycles. The number of benzene rings is 1. The average molecular weight is 323 g/mol. The number of rotatable bonds is 7. The first-order chi connectivity index (χ1) is 10.6. The molecule has 0 aliphatic heterocycles. The first kappa shape index (κ1) is 18.4. The standard InChI is InChI=1S/C16H25N3O2S/c1-4-5-6-13-7-9-14(10-8-13)15(20)18-19-16(22)17-12(2)11-21-3/h7-10,12H,4-6,11H2,1-3H3,(H,18,20)(H2,17,19,22)/t12-/m0/s1. The van der Waals surface area contributed by atoms with Crippen LogP contribution < -0.4 is 16.2 Å². The number of ether oxygens (including phenoxy) is 1. The average Bonchev–Trinajstić information content (AvgIpc) is 2.51. The van der Waals surface area contributed by atoms with Gasteiger partial charge in [0.25, 0.3) is 5.91 Å². The number of aryl methyl sites for hydroxylation is 1. The van der Waals surface area contributed by atoms with Crippen LogP contribution in [0.5, 0.6) is 0 Å². The lowest BCUT2D eigenvalue weighted by molar-refractivity contribution is 0.0943. The van der Waals surface area contributed by atoms with Crippen molar-refractivity contribution < 1.29 is 9.53 Å². The van der Waals surface area contributed by atoms with Gasteiger partial charge in [0.1, 0.15) is 0 Å². The normalized spacial score (nSPS) is 11.6. The lowest BCUT2D eigenvalue weighted by Crippen LogP contribution is -2.49. The molecule has 1 aromatic rings. The van der Waals surface area contributed by atoms with Crippen molar-refractivity contribution in [2.75, 3.05) is 13.7 Å². The molecule has 1 amide bonds. The van der Waals surface area contributed by atoms with Crippen molar-refractivity contribution >= 4 is 23.2 Å². The van der Waals surface area contributed by atoms with Crippen LogP contribution in [-0.2, 0) is 11.2 Å². The zero-order valence-electron chi connectivity index (χ0n) is 13.4. The van der Waals surface area contributed by atoms with E-state index in [0.29, 0.717) is 17.3 Å². The van der Waals surface area contributed by atoms with Crippen molar-refractivity contribution in [3.05, 3.63) is 35.4 Å². The number of amides is 1. The highest BCUT2D eigenvalue weighted by Gasteiger charge is 2.07. The summed E-state index contributed by atoms with van der Waals surface area (Å²) in [5.74, 6) is -0.217. The molecule has 5 nitrogen and oxygen atoms in total. The van der Waals surface area contributed by atoms with Crippen molar-refractivity contribution in [2.45, 2.75) is 39.2 Å². The van der Waals surface area contributed by atoms with Crippen molar-refractivity contribution in [3.8, 4) is 0 Å². The van der Waals surface area contributed by atoms with Gasteiger partial charge in [0.15, 0.2) is 5.11 Å². The molecule has 0 saturated carbocycles. The van der Waals surface area contributed by atoms with Gasteiger partial charge >= 0.3 is 0 Å². The topological polar surface area (TPSA) is 62.4 Å². The van der Waals surface area contributed by atoms with Crippen LogP contribution in [0.1, 0.15) is 42.6 Å². The first-order valence-corrected chi connectivity index (χ1v) is 7.92. The minimum absolute atomic E-state index is 0.0692. The molecule has 0 radical (unpaired) electrons. The number of carbonyl (C=O) groups is 1. The van der Waals surface area contributed by atoms with Crippen LogP contribution in [0, 0.1) is 0 Å². The second-order valence-electron chi connectivity index (χ2n) is 5.21. The molecule has 0 spiro atoms. The van der Waals surface area contributed by atoms with Crippen LogP contribution in [0.4, 0.5) is 0 Å². The Balaban J connectivity index is 2.40. The Hall–Kier alpha value is -1.66. The Bertz CT molecular complexity index is 477. The highest BCUT2D eigenvalue weighted by Crippen LogP contribution is 2.07. The van der Waals surface area contributed by atoms with E-state index in [1.807, 2.05) is 31.2 Å². The summed E-state index contributed by atoms with van der Waals surface area (Å²) in [5.41, 5.74) is 7.10. The molecule has 3 N–H and O–H groups in total. The zero-order chi connectivity index (χ0) is 16.4. The number of hydrogen-bond acceptors (Lipinski definition) is 3. The molecule has 0 heterocycles. The molecule has 0 aliphatic rings. The first-order valence-electron chi connectivity index (χ1n) is 7.51. The predicted molar refractivity (Wildman–Crippen MR) is 92.7 cm³/mol. The van der Waals surface area contributed by atoms with Gasteiger partial charge < -0.3 is 10.1 Å². The van der Waals surface area contributed by atoms with E-state index in [1.165, 1.54) is 5.56 Å². The van der Waals surface area contributed by atoms with E-state index in [4.69, 9.17) is 17.0 Å². The van der Waals surface area contributed by atoms with Gasteiger partial charge in [-0.15, -0.1) is 0 Å². The molecule has 0 fully saturated rings. The van der Waals surface area contributed by atoms with Crippen molar-refractivity contribution in [2.24, 2.45) is 0 Å². The zero-order valence-corrected chi connectivity index (χ0v) is 14.3. The molecule has 22 heavy (non-hydrogen) atoms. The minimum atomic E-state index is -0.217. The van der Waals surface area contributed by atoms with Gasteiger partial charge in [0.05, 0.1) is 6.61 Å². The highest BCUT2D eigenvalue weighted by atomic mass is 32.1. The van der Waals surface area contributed by atoms with E-state index in [9.17, 15) is 4.79 Å². The maximum absolute atomic E-state index is 12.0. The van der Waals surface area contributed by atoms with E-state index in [-0.39, 0.29) is 11.9 Å². The Morgan fingerprint density at radius 3 is 2.55 bits per heavy atom. The summed E-state index contributed by atoms with van der Waals surface area (Å²) in [6.45, 7) is 4.64. The molecule has 0 aliphatic carbocycles. The summed E-state index contributed by atoms with van der Waals surface area (Å²) in [6, 6.07) is 7.70. The molecule has 122 valence electrons. The number of methoxy groups -OCH3 is 1. The lowest BCUT2D eigenvalue weighted by atomic mass is 10.1. The van der Waals surface area contributed by atoms with Crippen LogP contribution in [0.25, 0.3) is 0 Å². The molecule has 1 aromatic carbocycles. The maximum Gasteiger partial charge on any atom is 0.269 e. The van der Waals surface area contributed by atoms with Crippen molar-refractivity contribution in [1.29, 1.82) is 0 Å². The number of thiocarbonyl (C=S) groups is 1. The smallest absolute Gasteiger partial charge is 0.269 e. The molecular formula is C16H25N3O2S. The summed E-state index contributed by atoms with van der Waals surface area (Å²) in [5, 5.41) is 3.36.